The lowest BCUT2D eigenvalue weighted by Gasteiger charge is -2.03. The Morgan fingerprint density at radius 1 is 1.55 bits per heavy atom. The van der Waals surface area contributed by atoms with E-state index in [4.69, 9.17) is 5.73 Å². The molecule has 0 saturated heterocycles. The predicted octanol–water partition coefficient (Wildman–Crippen LogP) is 1.82. The lowest BCUT2D eigenvalue weighted by atomic mass is 10.0. The molecule has 0 amide bonds. The van der Waals surface area contributed by atoms with Gasteiger partial charge in [0.1, 0.15) is 0 Å². The van der Waals surface area contributed by atoms with Crippen molar-refractivity contribution < 1.29 is 0 Å². The Morgan fingerprint density at radius 3 is 3.00 bits per heavy atom. The largest absolute Gasteiger partial charge is 0.326 e. The Bertz CT molecular complexity index is 251. The highest BCUT2D eigenvalue weighted by molar-refractivity contribution is 5.32. The van der Waals surface area contributed by atoms with Crippen LogP contribution in [0.25, 0.3) is 0 Å². The molecule has 1 aliphatic rings. The van der Waals surface area contributed by atoms with Crippen molar-refractivity contribution in [3.63, 3.8) is 0 Å². The topological polar surface area (TPSA) is 26.0 Å². The van der Waals surface area contributed by atoms with Gasteiger partial charge in [0.25, 0.3) is 0 Å². The van der Waals surface area contributed by atoms with Crippen molar-refractivity contribution in [3.05, 3.63) is 35.4 Å². The van der Waals surface area contributed by atoms with Gasteiger partial charge in [0.2, 0.25) is 0 Å². The summed E-state index contributed by atoms with van der Waals surface area (Å²) in [4.78, 5) is 0. The summed E-state index contributed by atoms with van der Waals surface area (Å²) in [6, 6.07) is 9.35. The van der Waals surface area contributed by atoms with Crippen LogP contribution in [0.4, 0.5) is 0 Å². The van der Waals surface area contributed by atoms with Crippen LogP contribution < -0.4 is 5.73 Å². The Kier molecular flexibility index (Phi) is 1.66. The van der Waals surface area contributed by atoms with Crippen molar-refractivity contribution in [1.29, 1.82) is 0 Å². The van der Waals surface area contributed by atoms with E-state index in [2.05, 4.69) is 12.1 Å². The van der Waals surface area contributed by atoms with E-state index in [0.717, 1.165) is 5.92 Å². The molecule has 1 aliphatic carbocycles. The van der Waals surface area contributed by atoms with Gasteiger partial charge in [0, 0.05) is 6.54 Å². The third-order valence-electron chi connectivity index (χ3n) is 2.20. The second-order valence-corrected chi connectivity index (χ2v) is 3.08. The number of hydrogen-bond acceptors (Lipinski definition) is 1. The first-order valence-electron chi connectivity index (χ1n) is 4.11. The molecule has 1 radical (unpaired) electrons. The van der Waals surface area contributed by atoms with Crippen molar-refractivity contribution in [3.8, 4) is 0 Å². The van der Waals surface area contributed by atoms with Gasteiger partial charge in [-0.2, -0.15) is 0 Å². The van der Waals surface area contributed by atoms with E-state index in [-0.39, 0.29) is 0 Å². The minimum atomic E-state index is 0.632. The molecule has 0 bridgehead atoms. The van der Waals surface area contributed by atoms with Crippen LogP contribution in [0.1, 0.15) is 29.9 Å². The Hall–Kier alpha value is -0.820. The van der Waals surface area contributed by atoms with Crippen molar-refractivity contribution in [2.75, 3.05) is 0 Å². The van der Waals surface area contributed by atoms with Gasteiger partial charge in [-0.15, -0.1) is 0 Å². The van der Waals surface area contributed by atoms with E-state index in [1.54, 1.807) is 0 Å². The molecule has 2 rings (SSSR count). The second kappa shape index (κ2) is 2.67. The van der Waals surface area contributed by atoms with Gasteiger partial charge in [0.05, 0.1) is 0 Å². The maximum Gasteiger partial charge on any atom is 0.0187 e. The monoisotopic (exact) mass is 146 g/mol. The van der Waals surface area contributed by atoms with Crippen molar-refractivity contribution in [2.24, 2.45) is 5.73 Å². The smallest absolute Gasteiger partial charge is 0.0187 e. The molecule has 0 atom stereocenters. The Labute approximate surface area is 67.2 Å². The summed E-state index contributed by atoms with van der Waals surface area (Å²) < 4.78 is 0. The van der Waals surface area contributed by atoms with Gasteiger partial charge in [-0.05, 0) is 36.0 Å². The first kappa shape index (κ1) is 6.86. The molecule has 0 spiro atoms. The molecule has 1 heteroatoms. The van der Waals surface area contributed by atoms with Crippen LogP contribution >= 0.6 is 0 Å². The maximum atomic E-state index is 5.58. The van der Waals surface area contributed by atoms with E-state index < -0.39 is 0 Å². The molecule has 0 aliphatic heterocycles. The number of benzene rings is 1. The van der Waals surface area contributed by atoms with Crippen LogP contribution in [0, 0.1) is 6.07 Å². The quantitative estimate of drug-likeness (QED) is 0.676. The molecule has 1 nitrogen and oxygen atoms in total. The van der Waals surface area contributed by atoms with E-state index in [1.807, 2.05) is 12.1 Å². The van der Waals surface area contributed by atoms with E-state index in [1.165, 1.54) is 24.0 Å². The number of nitrogens with two attached hydrogens (primary N) is 1. The molecule has 0 heterocycles. The highest BCUT2D eigenvalue weighted by Gasteiger charge is 2.24. The molecule has 1 aromatic carbocycles. The third-order valence-corrected chi connectivity index (χ3v) is 2.20. The predicted molar refractivity (Wildman–Crippen MR) is 45.1 cm³/mol. The Morgan fingerprint density at radius 2 is 2.36 bits per heavy atom. The molecule has 2 N–H and O–H groups in total. The maximum absolute atomic E-state index is 5.58. The van der Waals surface area contributed by atoms with Crippen LogP contribution in [-0.2, 0) is 6.54 Å². The van der Waals surface area contributed by atoms with Gasteiger partial charge in [-0.25, -0.2) is 0 Å². The molecule has 11 heavy (non-hydrogen) atoms. The standard InChI is InChI=1S/C10H12N/c11-7-9-3-1-2-4-10(9)8-5-6-8/h1-2,4,8H,5-7,11H2. The van der Waals surface area contributed by atoms with E-state index in [0.29, 0.717) is 6.54 Å². The van der Waals surface area contributed by atoms with Crippen molar-refractivity contribution >= 4 is 0 Å². The van der Waals surface area contributed by atoms with Gasteiger partial charge in [-0.1, -0.05) is 18.2 Å². The van der Waals surface area contributed by atoms with Gasteiger partial charge in [0.15, 0.2) is 0 Å². The highest BCUT2D eigenvalue weighted by atomic mass is 14.5. The number of rotatable bonds is 2. The van der Waals surface area contributed by atoms with Crippen LogP contribution in [-0.4, -0.2) is 0 Å². The summed E-state index contributed by atoms with van der Waals surface area (Å²) in [6.07, 6.45) is 2.68. The first-order valence-corrected chi connectivity index (χ1v) is 4.11. The molecule has 57 valence electrons. The molecule has 0 unspecified atom stereocenters. The average molecular weight is 146 g/mol. The molecule has 1 fully saturated rings. The lowest BCUT2D eigenvalue weighted by Crippen LogP contribution is -2.00. The van der Waals surface area contributed by atoms with Crippen LogP contribution in [0.2, 0.25) is 0 Å². The summed E-state index contributed by atoms with van der Waals surface area (Å²) in [6.45, 7) is 0.632. The zero-order valence-electron chi connectivity index (χ0n) is 6.51. The second-order valence-electron chi connectivity index (χ2n) is 3.08. The van der Waals surface area contributed by atoms with Gasteiger partial charge in [-0.3, -0.25) is 0 Å². The lowest BCUT2D eigenvalue weighted by molar-refractivity contribution is 0.994. The highest BCUT2D eigenvalue weighted by Crippen LogP contribution is 2.41. The molecule has 1 saturated carbocycles. The first-order chi connectivity index (χ1) is 5.42. The number of hydrogen-bond donors (Lipinski definition) is 1. The summed E-state index contributed by atoms with van der Waals surface area (Å²) >= 11 is 0. The van der Waals surface area contributed by atoms with E-state index in [9.17, 15) is 0 Å². The minimum Gasteiger partial charge on any atom is -0.326 e. The van der Waals surface area contributed by atoms with Crippen LogP contribution in [0.15, 0.2) is 18.2 Å². The SMILES string of the molecule is NCc1[c]cccc1C1CC1. The molecule has 0 aromatic heterocycles. The van der Waals surface area contributed by atoms with Crippen molar-refractivity contribution in [1.82, 2.24) is 0 Å². The van der Waals surface area contributed by atoms with Gasteiger partial charge >= 0.3 is 0 Å². The average Bonchev–Trinajstić information content (AvgIpc) is 2.87. The third kappa shape index (κ3) is 1.29. The minimum absolute atomic E-state index is 0.632. The molecule has 1 aromatic rings. The van der Waals surface area contributed by atoms with Crippen molar-refractivity contribution in [2.45, 2.75) is 25.3 Å². The fourth-order valence-electron chi connectivity index (χ4n) is 1.44. The summed E-state index contributed by atoms with van der Waals surface area (Å²) in [7, 11) is 0. The fourth-order valence-corrected chi connectivity index (χ4v) is 1.44. The zero-order valence-corrected chi connectivity index (χ0v) is 6.51. The van der Waals surface area contributed by atoms with E-state index >= 15 is 0 Å². The normalized spacial score (nSPS) is 16.8. The van der Waals surface area contributed by atoms with Crippen LogP contribution in [0.3, 0.4) is 0 Å². The fraction of sp³-hybridized carbons (Fsp3) is 0.400. The molecular weight excluding hydrogens is 134 g/mol. The summed E-state index contributed by atoms with van der Waals surface area (Å²) in [5, 5.41) is 0. The summed E-state index contributed by atoms with van der Waals surface area (Å²) in [5.41, 5.74) is 8.21. The van der Waals surface area contributed by atoms with Crippen LogP contribution in [0.5, 0.6) is 0 Å². The Balaban J connectivity index is 2.34. The summed E-state index contributed by atoms with van der Waals surface area (Å²) in [5.74, 6) is 0.797. The zero-order chi connectivity index (χ0) is 7.68. The van der Waals surface area contributed by atoms with Gasteiger partial charge < -0.3 is 5.73 Å². The molecular formula is C10H12N.